The summed E-state index contributed by atoms with van der Waals surface area (Å²) in [5.41, 5.74) is 2.24. The maximum absolute atomic E-state index is 11.7. The number of hydrogen-bond donors (Lipinski definition) is 1. The highest BCUT2D eigenvalue weighted by Gasteiger charge is 2.42. The molecule has 5 heteroatoms. The second-order valence-corrected chi connectivity index (χ2v) is 5.89. The van der Waals surface area contributed by atoms with E-state index in [1.165, 1.54) is 6.92 Å². The van der Waals surface area contributed by atoms with Gasteiger partial charge in [-0.1, -0.05) is 18.2 Å². The lowest BCUT2D eigenvalue weighted by atomic mass is 9.85. The van der Waals surface area contributed by atoms with E-state index < -0.39 is 24.1 Å². The Bertz CT molecular complexity index is 543. The van der Waals surface area contributed by atoms with Crippen LogP contribution in [0.5, 0.6) is 0 Å². The molecule has 5 nitrogen and oxygen atoms in total. The smallest absolute Gasteiger partial charge is 0.334 e. The van der Waals surface area contributed by atoms with Crippen molar-refractivity contribution in [2.45, 2.75) is 45.3 Å². The van der Waals surface area contributed by atoms with E-state index in [-0.39, 0.29) is 12.6 Å². The molecule has 0 saturated carbocycles. The van der Waals surface area contributed by atoms with Crippen LogP contribution in [0.25, 0.3) is 0 Å². The SMILES string of the molecule is C=C1C(=O)O[C@@H]2C=C(C)CCC=C(COC(C)=O)C[C@@H](O)[C@@H]12. The predicted molar refractivity (Wildman–Crippen MR) is 80.8 cm³/mol. The summed E-state index contributed by atoms with van der Waals surface area (Å²) >= 11 is 0. The summed E-state index contributed by atoms with van der Waals surface area (Å²) in [6, 6.07) is 0. The Kier molecular flexibility index (Phi) is 5.19. The molecule has 22 heavy (non-hydrogen) atoms. The molecule has 1 saturated heterocycles. The summed E-state index contributed by atoms with van der Waals surface area (Å²) in [6.07, 6.45) is 4.57. The average molecular weight is 306 g/mol. The molecule has 1 fully saturated rings. The third kappa shape index (κ3) is 3.85. The predicted octanol–water partition coefficient (Wildman–Crippen LogP) is 2.06. The summed E-state index contributed by atoms with van der Waals surface area (Å²) in [6.45, 7) is 7.24. The van der Waals surface area contributed by atoms with Crippen molar-refractivity contribution in [2.75, 3.05) is 6.61 Å². The maximum Gasteiger partial charge on any atom is 0.334 e. The number of esters is 2. The number of hydrogen-bond acceptors (Lipinski definition) is 5. The molecule has 1 aliphatic heterocycles. The molecule has 0 bridgehead atoms. The number of carbonyl (C=O) groups is 2. The van der Waals surface area contributed by atoms with Gasteiger partial charge in [0, 0.05) is 12.5 Å². The Morgan fingerprint density at radius 2 is 2.27 bits per heavy atom. The first kappa shape index (κ1) is 16.5. The maximum atomic E-state index is 11.7. The standard InChI is InChI=1S/C17H22O5/c1-10-5-4-6-13(9-21-12(3)18)8-14(19)16-11(2)17(20)22-15(16)7-10/h6-7,14-16,19H,2,4-5,8-9H2,1,3H3/t14-,15-,16-/m1/s1. The van der Waals surface area contributed by atoms with E-state index in [1.807, 2.05) is 19.1 Å². The third-order valence-electron chi connectivity index (χ3n) is 4.03. The number of allylic oxidation sites excluding steroid dienone is 2. The van der Waals surface area contributed by atoms with Crippen molar-refractivity contribution in [1.29, 1.82) is 0 Å². The Morgan fingerprint density at radius 3 is 2.95 bits per heavy atom. The van der Waals surface area contributed by atoms with Crippen molar-refractivity contribution in [1.82, 2.24) is 0 Å². The molecule has 3 atom stereocenters. The number of aliphatic hydroxyl groups excluding tert-OH is 1. The van der Waals surface area contributed by atoms with Gasteiger partial charge in [-0.05, 0) is 37.8 Å². The van der Waals surface area contributed by atoms with Crippen LogP contribution in [0, 0.1) is 5.92 Å². The van der Waals surface area contributed by atoms with Crippen LogP contribution in [0.4, 0.5) is 0 Å². The van der Waals surface area contributed by atoms with Gasteiger partial charge in [0.1, 0.15) is 12.7 Å². The van der Waals surface area contributed by atoms with Gasteiger partial charge >= 0.3 is 11.9 Å². The van der Waals surface area contributed by atoms with E-state index in [9.17, 15) is 14.7 Å². The molecule has 0 radical (unpaired) electrons. The van der Waals surface area contributed by atoms with Crippen molar-refractivity contribution in [3.8, 4) is 0 Å². The molecule has 0 unspecified atom stereocenters. The minimum Gasteiger partial charge on any atom is -0.461 e. The van der Waals surface area contributed by atoms with Gasteiger partial charge in [0.15, 0.2) is 0 Å². The molecule has 2 rings (SSSR count). The summed E-state index contributed by atoms with van der Waals surface area (Å²) in [7, 11) is 0. The van der Waals surface area contributed by atoms with Gasteiger partial charge in [-0.25, -0.2) is 4.79 Å². The van der Waals surface area contributed by atoms with Gasteiger partial charge in [0.25, 0.3) is 0 Å². The summed E-state index contributed by atoms with van der Waals surface area (Å²) < 4.78 is 10.3. The summed E-state index contributed by atoms with van der Waals surface area (Å²) in [4.78, 5) is 22.7. The lowest BCUT2D eigenvalue weighted by Gasteiger charge is -2.23. The minimum atomic E-state index is -0.798. The average Bonchev–Trinajstić information content (AvgIpc) is 2.70. The van der Waals surface area contributed by atoms with Crippen LogP contribution in [0.3, 0.4) is 0 Å². The van der Waals surface area contributed by atoms with Gasteiger partial charge in [-0.2, -0.15) is 0 Å². The lowest BCUT2D eigenvalue weighted by molar-refractivity contribution is -0.140. The van der Waals surface area contributed by atoms with Crippen LogP contribution < -0.4 is 0 Å². The fourth-order valence-corrected chi connectivity index (χ4v) is 2.85. The second-order valence-electron chi connectivity index (χ2n) is 5.89. The van der Waals surface area contributed by atoms with Crippen LogP contribution in [0.1, 0.15) is 33.1 Å². The van der Waals surface area contributed by atoms with E-state index >= 15 is 0 Å². The largest absolute Gasteiger partial charge is 0.461 e. The highest BCUT2D eigenvalue weighted by Crippen LogP contribution is 2.34. The monoisotopic (exact) mass is 306 g/mol. The van der Waals surface area contributed by atoms with Gasteiger partial charge in [-0.15, -0.1) is 0 Å². The van der Waals surface area contributed by atoms with Gasteiger partial charge in [0.2, 0.25) is 0 Å². The number of aliphatic hydroxyl groups is 1. The van der Waals surface area contributed by atoms with E-state index in [0.29, 0.717) is 12.0 Å². The van der Waals surface area contributed by atoms with E-state index in [2.05, 4.69) is 6.58 Å². The minimum absolute atomic E-state index is 0.161. The molecular formula is C17H22O5. The van der Waals surface area contributed by atoms with Crippen molar-refractivity contribution in [3.63, 3.8) is 0 Å². The molecule has 1 aliphatic carbocycles. The molecule has 2 aliphatic rings. The van der Waals surface area contributed by atoms with Crippen LogP contribution in [0.2, 0.25) is 0 Å². The number of rotatable bonds is 2. The van der Waals surface area contributed by atoms with Crippen molar-refractivity contribution in [3.05, 3.63) is 35.5 Å². The van der Waals surface area contributed by atoms with E-state index in [0.717, 1.165) is 24.0 Å². The van der Waals surface area contributed by atoms with Crippen LogP contribution in [-0.2, 0) is 19.1 Å². The van der Waals surface area contributed by atoms with E-state index in [4.69, 9.17) is 9.47 Å². The van der Waals surface area contributed by atoms with Gasteiger partial charge in [-0.3, -0.25) is 4.79 Å². The van der Waals surface area contributed by atoms with Crippen molar-refractivity contribution in [2.24, 2.45) is 5.92 Å². The Balaban J connectivity index is 2.22. The first-order chi connectivity index (χ1) is 10.4. The zero-order valence-corrected chi connectivity index (χ0v) is 13.0. The van der Waals surface area contributed by atoms with Crippen LogP contribution >= 0.6 is 0 Å². The fourth-order valence-electron chi connectivity index (χ4n) is 2.85. The lowest BCUT2D eigenvalue weighted by Crippen LogP contribution is -2.29. The topological polar surface area (TPSA) is 72.8 Å². The Hall–Kier alpha value is -1.88. The number of carbonyl (C=O) groups excluding carboxylic acids is 2. The fraction of sp³-hybridized carbons (Fsp3) is 0.529. The quantitative estimate of drug-likeness (QED) is 0.480. The Labute approximate surface area is 130 Å². The normalized spacial score (nSPS) is 29.1. The first-order valence-electron chi connectivity index (χ1n) is 7.45. The zero-order chi connectivity index (χ0) is 16.3. The molecule has 0 amide bonds. The third-order valence-corrected chi connectivity index (χ3v) is 4.03. The molecule has 1 heterocycles. The Morgan fingerprint density at radius 1 is 1.55 bits per heavy atom. The number of fused-ring (bicyclic) bond motifs is 1. The summed E-state index contributed by atoms with van der Waals surface area (Å²) in [5.74, 6) is -1.27. The van der Waals surface area contributed by atoms with Gasteiger partial charge in [0.05, 0.1) is 12.0 Å². The highest BCUT2D eigenvalue weighted by molar-refractivity contribution is 5.91. The van der Waals surface area contributed by atoms with Crippen LogP contribution in [-0.4, -0.2) is 35.9 Å². The first-order valence-corrected chi connectivity index (χ1v) is 7.45. The molecule has 0 aromatic rings. The zero-order valence-electron chi connectivity index (χ0n) is 13.0. The second kappa shape index (κ2) is 6.92. The molecule has 0 aromatic carbocycles. The molecular weight excluding hydrogens is 284 g/mol. The number of ether oxygens (including phenoxy) is 2. The van der Waals surface area contributed by atoms with E-state index in [1.54, 1.807) is 0 Å². The molecule has 0 aromatic heterocycles. The van der Waals surface area contributed by atoms with Gasteiger partial charge < -0.3 is 14.6 Å². The molecule has 0 spiro atoms. The molecule has 1 N–H and O–H groups in total. The highest BCUT2D eigenvalue weighted by atomic mass is 16.6. The summed E-state index contributed by atoms with van der Waals surface area (Å²) in [5, 5.41) is 10.5. The van der Waals surface area contributed by atoms with Crippen molar-refractivity contribution < 1.29 is 24.2 Å². The van der Waals surface area contributed by atoms with Crippen LogP contribution in [0.15, 0.2) is 35.5 Å². The van der Waals surface area contributed by atoms with Crippen molar-refractivity contribution >= 4 is 11.9 Å². The molecule has 120 valence electrons.